The largest absolute Gasteiger partial charge is 0.248 e. The van der Waals surface area contributed by atoms with Crippen LogP contribution in [0.5, 0.6) is 0 Å². The molecule has 1 aliphatic carbocycles. The Morgan fingerprint density at radius 3 is 2.92 bits per heavy atom. The van der Waals surface area contributed by atoms with Crippen LogP contribution in [0.4, 0.5) is 0 Å². The van der Waals surface area contributed by atoms with Gasteiger partial charge in [0, 0.05) is 7.05 Å². The summed E-state index contributed by atoms with van der Waals surface area (Å²) < 4.78 is 1.79. The lowest BCUT2D eigenvalue weighted by molar-refractivity contribution is 0.709. The Labute approximate surface area is 71.4 Å². The molecule has 62 valence electrons. The molecule has 1 aromatic rings. The van der Waals surface area contributed by atoms with Crippen LogP contribution in [0, 0.1) is 5.92 Å². The summed E-state index contributed by atoms with van der Waals surface area (Å²) in [6.07, 6.45) is 8.36. The summed E-state index contributed by atoms with van der Waals surface area (Å²) >= 11 is 0. The predicted octanol–water partition coefficient (Wildman–Crippen LogP) is 1.49. The summed E-state index contributed by atoms with van der Waals surface area (Å²) in [6, 6.07) is 0. The molecule has 2 rings (SSSR count). The Hall–Kier alpha value is -1.38. The minimum Gasteiger partial charge on any atom is -0.248 e. The highest BCUT2D eigenvalue weighted by molar-refractivity contribution is 5.62. The number of rotatable bonds is 0. The minimum absolute atomic E-state index is 0.485. The molecule has 0 fully saturated rings. The molecule has 1 aliphatic rings. The molecule has 0 spiro atoms. The molecule has 0 bridgehead atoms. The number of fused-ring (bicyclic) bond motifs is 1. The molecule has 0 saturated carbocycles. The van der Waals surface area contributed by atoms with Crippen LogP contribution in [0.3, 0.4) is 0 Å². The summed E-state index contributed by atoms with van der Waals surface area (Å²) in [4.78, 5) is 0. The lowest BCUT2D eigenvalue weighted by Gasteiger charge is -1.93. The average Bonchev–Trinajstić information content (AvgIpc) is 2.28. The Morgan fingerprint density at radius 2 is 2.08 bits per heavy atom. The van der Waals surface area contributed by atoms with Crippen molar-refractivity contribution in [2.45, 2.75) is 6.92 Å². The van der Waals surface area contributed by atoms with E-state index in [2.05, 4.69) is 35.5 Å². The molecule has 1 atom stereocenters. The summed E-state index contributed by atoms with van der Waals surface area (Å²) in [6.45, 7) is 2.15. The Morgan fingerprint density at radius 1 is 1.33 bits per heavy atom. The topological polar surface area (TPSA) is 30.7 Å². The van der Waals surface area contributed by atoms with Crippen molar-refractivity contribution in [3.05, 3.63) is 23.5 Å². The van der Waals surface area contributed by atoms with Crippen LogP contribution < -0.4 is 0 Å². The van der Waals surface area contributed by atoms with E-state index < -0.39 is 0 Å². The zero-order chi connectivity index (χ0) is 8.55. The number of aryl methyl sites for hydroxylation is 1. The van der Waals surface area contributed by atoms with E-state index in [1.807, 2.05) is 13.1 Å². The number of allylic oxidation sites excluding steroid dienone is 2. The highest BCUT2D eigenvalue weighted by atomic mass is 15.4. The highest BCUT2D eigenvalue weighted by Crippen LogP contribution is 2.16. The first-order valence-corrected chi connectivity index (χ1v) is 4.03. The highest BCUT2D eigenvalue weighted by Gasteiger charge is 2.07. The molecule has 0 amide bonds. The molecule has 0 N–H and O–H groups in total. The van der Waals surface area contributed by atoms with E-state index in [1.165, 1.54) is 0 Å². The third-order valence-electron chi connectivity index (χ3n) is 2.01. The van der Waals surface area contributed by atoms with Crippen molar-refractivity contribution in [3.63, 3.8) is 0 Å². The molecule has 0 saturated heterocycles. The van der Waals surface area contributed by atoms with Crippen molar-refractivity contribution in [3.8, 4) is 0 Å². The molecule has 0 radical (unpaired) electrons. The maximum Gasteiger partial charge on any atom is 0.112 e. The predicted molar refractivity (Wildman–Crippen MR) is 48.2 cm³/mol. The van der Waals surface area contributed by atoms with Gasteiger partial charge in [-0.1, -0.05) is 24.3 Å². The van der Waals surface area contributed by atoms with E-state index in [-0.39, 0.29) is 0 Å². The van der Waals surface area contributed by atoms with E-state index >= 15 is 0 Å². The smallest absolute Gasteiger partial charge is 0.112 e. The van der Waals surface area contributed by atoms with Crippen LogP contribution in [0.15, 0.2) is 12.2 Å². The van der Waals surface area contributed by atoms with Gasteiger partial charge in [-0.25, -0.2) is 4.68 Å². The Balaban J connectivity index is 2.54. The van der Waals surface area contributed by atoms with Gasteiger partial charge in [0.2, 0.25) is 0 Å². The third kappa shape index (κ3) is 1.07. The lowest BCUT2D eigenvalue weighted by atomic mass is 10.2. The van der Waals surface area contributed by atoms with Gasteiger partial charge in [-0.3, -0.25) is 0 Å². The van der Waals surface area contributed by atoms with Gasteiger partial charge in [0.15, 0.2) is 0 Å². The van der Waals surface area contributed by atoms with Gasteiger partial charge in [-0.05, 0) is 18.1 Å². The summed E-state index contributed by atoms with van der Waals surface area (Å²) in [5.41, 5.74) is 2.04. The molecule has 3 heteroatoms. The molecule has 0 aromatic carbocycles. The first-order valence-electron chi connectivity index (χ1n) is 4.03. The van der Waals surface area contributed by atoms with Crippen molar-refractivity contribution in [1.29, 1.82) is 0 Å². The number of hydrogen-bond donors (Lipinski definition) is 0. The molecule has 1 heterocycles. The first kappa shape index (κ1) is 7.28. The van der Waals surface area contributed by atoms with Gasteiger partial charge in [0.05, 0.1) is 5.69 Å². The maximum atomic E-state index is 4.03. The van der Waals surface area contributed by atoms with Crippen molar-refractivity contribution in [2.75, 3.05) is 0 Å². The Kier molecular flexibility index (Phi) is 1.57. The summed E-state index contributed by atoms with van der Waals surface area (Å²) in [7, 11) is 1.90. The molecular formula is C9H11N3. The fraction of sp³-hybridized carbons (Fsp3) is 0.333. The van der Waals surface area contributed by atoms with Crippen LogP contribution in [0.2, 0.25) is 0 Å². The van der Waals surface area contributed by atoms with Crippen molar-refractivity contribution < 1.29 is 0 Å². The van der Waals surface area contributed by atoms with Gasteiger partial charge in [-0.15, -0.1) is 5.10 Å². The average molecular weight is 161 g/mol. The second-order valence-corrected chi connectivity index (χ2v) is 3.06. The summed E-state index contributed by atoms with van der Waals surface area (Å²) in [5.74, 6) is 0.485. The third-order valence-corrected chi connectivity index (χ3v) is 2.01. The van der Waals surface area contributed by atoms with E-state index in [1.54, 1.807) is 4.68 Å². The van der Waals surface area contributed by atoms with E-state index in [9.17, 15) is 0 Å². The van der Waals surface area contributed by atoms with Crippen LogP contribution >= 0.6 is 0 Å². The van der Waals surface area contributed by atoms with Crippen molar-refractivity contribution in [1.82, 2.24) is 15.0 Å². The van der Waals surface area contributed by atoms with Crippen LogP contribution in [0.1, 0.15) is 18.3 Å². The zero-order valence-electron chi connectivity index (χ0n) is 7.23. The summed E-state index contributed by atoms with van der Waals surface area (Å²) in [5, 5.41) is 7.95. The molecule has 1 aromatic heterocycles. The number of hydrogen-bond acceptors (Lipinski definition) is 2. The normalized spacial score (nSPS) is 20.7. The first-order chi connectivity index (χ1) is 5.77. The van der Waals surface area contributed by atoms with E-state index in [0.29, 0.717) is 5.92 Å². The lowest BCUT2D eigenvalue weighted by Crippen LogP contribution is -1.93. The second kappa shape index (κ2) is 2.59. The zero-order valence-corrected chi connectivity index (χ0v) is 7.23. The van der Waals surface area contributed by atoms with Crippen molar-refractivity contribution >= 4 is 12.2 Å². The monoisotopic (exact) mass is 161 g/mol. The fourth-order valence-corrected chi connectivity index (χ4v) is 1.24. The van der Waals surface area contributed by atoms with Gasteiger partial charge in [0.25, 0.3) is 0 Å². The van der Waals surface area contributed by atoms with Crippen molar-refractivity contribution in [2.24, 2.45) is 13.0 Å². The minimum atomic E-state index is 0.485. The molecule has 1 unspecified atom stereocenters. The Bertz CT molecular complexity index is 347. The number of aromatic nitrogens is 3. The second-order valence-electron chi connectivity index (χ2n) is 3.06. The molecule has 12 heavy (non-hydrogen) atoms. The van der Waals surface area contributed by atoms with E-state index in [4.69, 9.17) is 0 Å². The van der Waals surface area contributed by atoms with Gasteiger partial charge in [-0.2, -0.15) is 0 Å². The molecule has 3 nitrogen and oxygen atoms in total. The van der Waals surface area contributed by atoms with Crippen LogP contribution in [-0.2, 0) is 7.05 Å². The molecule has 0 aliphatic heterocycles. The van der Waals surface area contributed by atoms with Crippen LogP contribution in [0.25, 0.3) is 12.2 Å². The van der Waals surface area contributed by atoms with Gasteiger partial charge >= 0.3 is 0 Å². The van der Waals surface area contributed by atoms with Crippen LogP contribution in [-0.4, -0.2) is 15.0 Å². The quantitative estimate of drug-likeness (QED) is 0.577. The number of nitrogens with zero attached hydrogens (tertiary/aromatic N) is 3. The molecular weight excluding hydrogens is 150 g/mol. The van der Waals surface area contributed by atoms with Gasteiger partial charge in [0.1, 0.15) is 5.69 Å². The maximum absolute atomic E-state index is 4.03. The standard InChI is InChI=1S/C9H11N3/c1-7-3-5-8-9(6-4-7)12(2)11-10-8/h3-7H,1-2H3. The fourth-order valence-electron chi connectivity index (χ4n) is 1.24. The van der Waals surface area contributed by atoms with Gasteiger partial charge < -0.3 is 0 Å². The SMILES string of the molecule is CC1C=Cc2nnn(C)c2C=C1. The van der Waals surface area contributed by atoms with E-state index in [0.717, 1.165) is 11.4 Å².